The SMILES string of the molecule is CN=C(NCc1ccccc1CN1CCCC1=O)NCC(C)Cc1cccs1.I. The molecule has 2 heterocycles. The third-order valence-electron chi connectivity index (χ3n) is 5.07. The molecule has 1 fully saturated rings. The number of nitrogens with one attached hydrogen (secondary N) is 2. The molecule has 2 aromatic rings. The summed E-state index contributed by atoms with van der Waals surface area (Å²) in [4.78, 5) is 19.7. The van der Waals surface area contributed by atoms with Crippen molar-refractivity contribution in [3.63, 3.8) is 0 Å². The van der Waals surface area contributed by atoms with E-state index in [0.717, 1.165) is 31.9 Å². The van der Waals surface area contributed by atoms with Gasteiger partial charge in [-0.15, -0.1) is 35.3 Å². The zero-order chi connectivity index (χ0) is 19.8. The van der Waals surface area contributed by atoms with Gasteiger partial charge in [0, 0.05) is 44.5 Å². The fourth-order valence-electron chi connectivity index (χ4n) is 3.48. The predicted octanol–water partition coefficient (Wildman–Crippen LogP) is 4.03. The van der Waals surface area contributed by atoms with E-state index in [9.17, 15) is 4.79 Å². The van der Waals surface area contributed by atoms with Crippen LogP contribution in [0.1, 0.15) is 35.8 Å². The molecule has 0 spiro atoms. The zero-order valence-corrected chi connectivity index (χ0v) is 20.3. The smallest absolute Gasteiger partial charge is 0.222 e. The van der Waals surface area contributed by atoms with Gasteiger partial charge in [0.1, 0.15) is 0 Å². The summed E-state index contributed by atoms with van der Waals surface area (Å²) in [5.41, 5.74) is 2.41. The normalized spacial score (nSPS) is 15.2. The molecule has 1 aromatic heterocycles. The van der Waals surface area contributed by atoms with E-state index < -0.39 is 0 Å². The van der Waals surface area contributed by atoms with Gasteiger partial charge in [0.05, 0.1) is 0 Å². The second-order valence-corrected chi connectivity index (χ2v) is 8.42. The number of hydrogen-bond donors (Lipinski definition) is 2. The van der Waals surface area contributed by atoms with Crippen LogP contribution in [-0.2, 0) is 24.3 Å². The maximum atomic E-state index is 11.9. The van der Waals surface area contributed by atoms with Crippen molar-refractivity contribution in [2.75, 3.05) is 20.1 Å². The van der Waals surface area contributed by atoms with Gasteiger partial charge in [-0.1, -0.05) is 37.3 Å². The number of likely N-dealkylation sites (tertiary alicyclic amines) is 1. The molecule has 1 aliphatic heterocycles. The maximum absolute atomic E-state index is 11.9. The minimum absolute atomic E-state index is 0. The lowest BCUT2D eigenvalue weighted by molar-refractivity contribution is -0.128. The molecule has 1 unspecified atom stereocenters. The summed E-state index contributed by atoms with van der Waals surface area (Å²) in [6.45, 7) is 5.38. The molecular weight excluding hydrogens is 495 g/mol. The molecule has 29 heavy (non-hydrogen) atoms. The van der Waals surface area contributed by atoms with Gasteiger partial charge >= 0.3 is 0 Å². The minimum Gasteiger partial charge on any atom is -0.356 e. The van der Waals surface area contributed by atoms with Gasteiger partial charge in [-0.05, 0) is 41.3 Å². The monoisotopic (exact) mass is 526 g/mol. The third kappa shape index (κ3) is 7.29. The zero-order valence-electron chi connectivity index (χ0n) is 17.2. The van der Waals surface area contributed by atoms with Crippen molar-refractivity contribution in [1.29, 1.82) is 0 Å². The van der Waals surface area contributed by atoms with Crippen molar-refractivity contribution in [3.8, 4) is 0 Å². The molecule has 0 bridgehead atoms. The van der Waals surface area contributed by atoms with E-state index in [0.29, 0.717) is 25.4 Å². The lowest BCUT2D eigenvalue weighted by Crippen LogP contribution is -2.39. The van der Waals surface area contributed by atoms with Crippen LogP contribution < -0.4 is 10.6 Å². The highest BCUT2D eigenvalue weighted by Crippen LogP contribution is 2.17. The molecular formula is C22H31IN4OS. The van der Waals surface area contributed by atoms with Crippen LogP contribution in [0, 0.1) is 5.92 Å². The highest BCUT2D eigenvalue weighted by Gasteiger charge is 2.20. The van der Waals surface area contributed by atoms with Crippen LogP contribution in [0.2, 0.25) is 0 Å². The summed E-state index contributed by atoms with van der Waals surface area (Å²) in [5.74, 6) is 1.61. The second kappa shape index (κ2) is 12.2. The molecule has 1 aromatic carbocycles. The number of guanidine groups is 1. The van der Waals surface area contributed by atoms with Gasteiger partial charge in [-0.3, -0.25) is 9.79 Å². The minimum atomic E-state index is 0. The molecule has 3 rings (SSSR count). The Kier molecular flexibility index (Phi) is 9.93. The van der Waals surface area contributed by atoms with Gasteiger partial charge in [-0.25, -0.2) is 0 Å². The lowest BCUT2D eigenvalue weighted by atomic mass is 10.1. The molecule has 1 atom stereocenters. The van der Waals surface area contributed by atoms with Crippen molar-refractivity contribution >= 4 is 47.2 Å². The Balaban J connectivity index is 0.00000300. The van der Waals surface area contributed by atoms with Crippen LogP contribution in [0.25, 0.3) is 0 Å². The molecule has 5 nitrogen and oxygen atoms in total. The summed E-state index contributed by atoms with van der Waals surface area (Å²) in [7, 11) is 1.80. The Bertz CT molecular complexity index is 794. The molecule has 0 radical (unpaired) electrons. The van der Waals surface area contributed by atoms with E-state index in [1.54, 1.807) is 7.05 Å². The Labute approximate surface area is 195 Å². The van der Waals surface area contributed by atoms with Crippen molar-refractivity contribution < 1.29 is 4.79 Å². The van der Waals surface area contributed by atoms with Crippen LogP contribution >= 0.6 is 35.3 Å². The predicted molar refractivity (Wildman–Crippen MR) is 132 cm³/mol. The number of halogens is 1. The van der Waals surface area contributed by atoms with E-state index in [1.807, 2.05) is 28.4 Å². The number of benzene rings is 1. The number of hydrogen-bond acceptors (Lipinski definition) is 3. The molecule has 7 heteroatoms. The average molecular weight is 526 g/mol. The van der Waals surface area contributed by atoms with Gasteiger partial charge in [0.2, 0.25) is 5.91 Å². The van der Waals surface area contributed by atoms with E-state index >= 15 is 0 Å². The highest BCUT2D eigenvalue weighted by molar-refractivity contribution is 14.0. The average Bonchev–Trinajstić information content (AvgIpc) is 3.35. The summed E-state index contributed by atoms with van der Waals surface area (Å²) in [6.07, 6.45) is 2.73. The molecule has 0 aliphatic carbocycles. The standard InChI is InChI=1S/C22H30N4OS.HI/c1-17(13-20-9-6-12-28-20)14-24-22(23-2)25-15-18-7-3-4-8-19(18)16-26-11-5-10-21(26)27;/h3-4,6-9,12,17H,5,10-11,13-16H2,1-2H3,(H2,23,24,25);1H. The van der Waals surface area contributed by atoms with Crippen LogP contribution in [0.5, 0.6) is 0 Å². The number of aliphatic imine (C=N–C) groups is 1. The van der Waals surface area contributed by atoms with Gasteiger partial charge in [-0.2, -0.15) is 0 Å². The van der Waals surface area contributed by atoms with Gasteiger partial charge in [0.25, 0.3) is 0 Å². The van der Waals surface area contributed by atoms with Crippen LogP contribution in [0.3, 0.4) is 0 Å². The lowest BCUT2D eigenvalue weighted by Gasteiger charge is -2.19. The fourth-order valence-corrected chi connectivity index (χ4v) is 4.35. The fraction of sp³-hybridized carbons (Fsp3) is 0.455. The van der Waals surface area contributed by atoms with E-state index in [1.165, 1.54) is 16.0 Å². The van der Waals surface area contributed by atoms with Crippen LogP contribution in [0.4, 0.5) is 0 Å². The van der Waals surface area contributed by atoms with Crippen LogP contribution in [0.15, 0.2) is 46.8 Å². The largest absolute Gasteiger partial charge is 0.356 e. The number of rotatable bonds is 8. The van der Waals surface area contributed by atoms with Crippen molar-refractivity contribution in [1.82, 2.24) is 15.5 Å². The quantitative estimate of drug-likeness (QED) is 0.310. The number of carbonyl (C=O) groups is 1. The summed E-state index contributed by atoms with van der Waals surface area (Å²) < 4.78 is 0. The first kappa shape index (κ1) is 23.7. The van der Waals surface area contributed by atoms with Crippen molar-refractivity contribution in [2.24, 2.45) is 10.9 Å². The Morgan fingerprint density at radius 2 is 2.00 bits per heavy atom. The van der Waals surface area contributed by atoms with Crippen LogP contribution in [-0.4, -0.2) is 36.9 Å². The van der Waals surface area contributed by atoms with Crippen molar-refractivity contribution in [3.05, 3.63) is 57.8 Å². The first-order valence-corrected chi connectivity index (χ1v) is 10.8. The maximum Gasteiger partial charge on any atom is 0.222 e. The summed E-state index contributed by atoms with van der Waals surface area (Å²) in [5, 5.41) is 8.97. The van der Waals surface area contributed by atoms with E-state index in [4.69, 9.17) is 0 Å². The second-order valence-electron chi connectivity index (χ2n) is 7.38. The molecule has 2 N–H and O–H groups in total. The molecule has 1 amide bonds. The summed E-state index contributed by atoms with van der Waals surface area (Å²) >= 11 is 1.81. The number of carbonyl (C=O) groups excluding carboxylic acids is 1. The Morgan fingerprint density at radius 1 is 1.21 bits per heavy atom. The molecule has 1 saturated heterocycles. The number of amides is 1. The molecule has 0 saturated carbocycles. The number of thiophene rings is 1. The van der Waals surface area contributed by atoms with E-state index in [2.05, 4.69) is 52.2 Å². The van der Waals surface area contributed by atoms with Crippen molar-refractivity contribution in [2.45, 2.75) is 39.3 Å². The number of nitrogens with zero attached hydrogens (tertiary/aromatic N) is 2. The first-order chi connectivity index (χ1) is 13.7. The van der Waals surface area contributed by atoms with Gasteiger partial charge < -0.3 is 15.5 Å². The topological polar surface area (TPSA) is 56.7 Å². The third-order valence-corrected chi connectivity index (χ3v) is 5.97. The van der Waals surface area contributed by atoms with Gasteiger partial charge in [0.15, 0.2) is 5.96 Å². The Hall–Kier alpha value is -1.61. The summed E-state index contributed by atoms with van der Waals surface area (Å²) in [6, 6.07) is 12.6. The Morgan fingerprint density at radius 3 is 2.66 bits per heavy atom. The van der Waals surface area contributed by atoms with E-state index in [-0.39, 0.29) is 29.9 Å². The first-order valence-electron chi connectivity index (χ1n) is 9.97. The molecule has 1 aliphatic rings. The highest BCUT2D eigenvalue weighted by atomic mass is 127. The molecule has 158 valence electrons.